The molecular weight excluding hydrogens is 432 g/mol. The lowest BCUT2D eigenvalue weighted by Crippen LogP contribution is -2.17. The summed E-state index contributed by atoms with van der Waals surface area (Å²) in [7, 11) is 1.57. The first-order valence-electron chi connectivity index (χ1n) is 10.7. The lowest BCUT2D eigenvalue weighted by Gasteiger charge is -2.09. The summed E-state index contributed by atoms with van der Waals surface area (Å²) in [4.78, 5) is 13.9. The fourth-order valence-corrected chi connectivity index (χ4v) is 3.21. The van der Waals surface area contributed by atoms with Crippen LogP contribution >= 0.6 is 0 Å². The van der Waals surface area contributed by atoms with Gasteiger partial charge in [0.2, 0.25) is 5.82 Å². The molecule has 34 heavy (non-hydrogen) atoms. The summed E-state index contributed by atoms with van der Waals surface area (Å²) in [5.74, 6) is 1.51. The third kappa shape index (κ3) is 5.63. The fraction of sp³-hybridized carbons (Fsp3) is 0.160. The van der Waals surface area contributed by atoms with Crippen LogP contribution in [0.4, 0.5) is 0 Å². The minimum Gasteiger partial charge on any atom is -0.493 e. The number of ether oxygens (including phenoxy) is 2. The van der Waals surface area contributed by atoms with Crippen LogP contribution in [0.5, 0.6) is 11.5 Å². The second-order valence-electron chi connectivity index (χ2n) is 7.25. The second kappa shape index (κ2) is 10.9. The summed E-state index contributed by atoms with van der Waals surface area (Å²) in [6.07, 6.45) is 1.55. The molecule has 0 atom stereocenters. The van der Waals surface area contributed by atoms with E-state index in [2.05, 4.69) is 25.9 Å². The van der Waals surface area contributed by atoms with Crippen molar-refractivity contribution in [3.05, 3.63) is 89.5 Å². The van der Waals surface area contributed by atoms with Gasteiger partial charge in [0.15, 0.2) is 11.5 Å². The Kier molecular flexibility index (Phi) is 7.24. The number of tetrazole rings is 1. The number of nitrogens with one attached hydrogen (secondary N) is 1. The summed E-state index contributed by atoms with van der Waals surface area (Å²) in [5.41, 5.74) is 5.64. The van der Waals surface area contributed by atoms with Gasteiger partial charge in [0.05, 0.1) is 26.5 Å². The Morgan fingerprint density at radius 2 is 1.85 bits per heavy atom. The van der Waals surface area contributed by atoms with Crippen molar-refractivity contribution in [2.24, 2.45) is 5.10 Å². The van der Waals surface area contributed by atoms with Crippen molar-refractivity contribution in [2.75, 3.05) is 13.7 Å². The average molecular weight is 457 g/mol. The van der Waals surface area contributed by atoms with Gasteiger partial charge in [-0.15, -0.1) is 10.2 Å². The Hall–Kier alpha value is -4.53. The van der Waals surface area contributed by atoms with Crippen LogP contribution in [0.25, 0.3) is 11.4 Å². The molecule has 3 aromatic carbocycles. The van der Waals surface area contributed by atoms with Gasteiger partial charge in [0.25, 0.3) is 5.91 Å². The highest BCUT2D eigenvalue weighted by Gasteiger charge is 2.08. The van der Waals surface area contributed by atoms with Crippen LogP contribution < -0.4 is 14.9 Å². The quantitative estimate of drug-likeness (QED) is 0.305. The minimum absolute atomic E-state index is 0.314. The van der Waals surface area contributed by atoms with Crippen molar-refractivity contribution < 1.29 is 14.3 Å². The van der Waals surface area contributed by atoms with E-state index in [4.69, 9.17) is 9.47 Å². The molecular formula is C25H24N6O3. The average Bonchev–Trinajstić information content (AvgIpc) is 3.34. The Morgan fingerprint density at radius 1 is 1.06 bits per heavy atom. The summed E-state index contributed by atoms with van der Waals surface area (Å²) < 4.78 is 10.8. The van der Waals surface area contributed by atoms with Crippen molar-refractivity contribution in [2.45, 2.75) is 13.5 Å². The first-order chi connectivity index (χ1) is 16.7. The number of amides is 1. The number of aromatic nitrogens is 4. The van der Waals surface area contributed by atoms with Gasteiger partial charge in [-0.1, -0.05) is 42.5 Å². The molecule has 4 rings (SSSR count). The molecule has 1 amide bonds. The van der Waals surface area contributed by atoms with Crippen molar-refractivity contribution in [1.29, 1.82) is 0 Å². The minimum atomic E-state index is -0.314. The highest BCUT2D eigenvalue weighted by molar-refractivity contribution is 5.95. The first-order valence-corrected chi connectivity index (χ1v) is 10.7. The normalized spacial score (nSPS) is 10.9. The number of hydrogen-bond donors (Lipinski definition) is 1. The Labute approximate surface area is 197 Å². The molecule has 0 saturated heterocycles. The van der Waals surface area contributed by atoms with Gasteiger partial charge in [0, 0.05) is 11.1 Å². The second-order valence-corrected chi connectivity index (χ2v) is 7.25. The zero-order valence-electron chi connectivity index (χ0n) is 18.9. The third-order valence-corrected chi connectivity index (χ3v) is 4.89. The molecule has 1 aromatic heterocycles. The molecule has 0 fully saturated rings. The Morgan fingerprint density at radius 3 is 2.59 bits per heavy atom. The smallest absolute Gasteiger partial charge is 0.271 e. The van der Waals surface area contributed by atoms with Gasteiger partial charge >= 0.3 is 0 Å². The standard InChI is InChI=1S/C25H24N6O3/c1-3-34-22-14-11-19(15-23(22)33-2)16-26-28-25(32)21-12-9-18(10-13-21)17-31-29-24(27-30-31)20-7-5-4-6-8-20/h4-16H,3,17H2,1-2H3,(H,28,32). The molecule has 0 unspecified atom stereocenters. The molecule has 0 bridgehead atoms. The molecule has 0 radical (unpaired) electrons. The molecule has 0 aliphatic rings. The number of hydrogen-bond acceptors (Lipinski definition) is 7. The van der Waals surface area contributed by atoms with Crippen LogP contribution in [0, 0.1) is 0 Å². The fourth-order valence-electron chi connectivity index (χ4n) is 3.21. The third-order valence-electron chi connectivity index (χ3n) is 4.89. The maximum absolute atomic E-state index is 12.4. The van der Waals surface area contributed by atoms with Gasteiger partial charge in [0.1, 0.15) is 0 Å². The molecule has 4 aromatic rings. The zero-order chi connectivity index (χ0) is 23.8. The number of carbonyl (C=O) groups excluding carboxylic acids is 1. The van der Waals surface area contributed by atoms with E-state index in [1.54, 1.807) is 37.6 Å². The SMILES string of the molecule is CCOc1ccc(C=NNC(=O)c2ccc(Cn3nnc(-c4ccccc4)n3)cc2)cc1OC. The van der Waals surface area contributed by atoms with Gasteiger partial charge in [-0.3, -0.25) is 4.79 Å². The number of benzene rings is 3. The summed E-state index contributed by atoms with van der Waals surface area (Å²) in [5, 5.41) is 16.6. The molecule has 172 valence electrons. The number of hydrazone groups is 1. The highest BCUT2D eigenvalue weighted by atomic mass is 16.5. The highest BCUT2D eigenvalue weighted by Crippen LogP contribution is 2.27. The lowest BCUT2D eigenvalue weighted by molar-refractivity contribution is 0.0955. The van der Waals surface area contributed by atoms with Crippen LogP contribution in [0.2, 0.25) is 0 Å². The number of methoxy groups -OCH3 is 1. The van der Waals surface area contributed by atoms with Crippen LogP contribution in [0.15, 0.2) is 77.9 Å². The maximum atomic E-state index is 12.4. The zero-order valence-corrected chi connectivity index (χ0v) is 18.9. The van der Waals surface area contributed by atoms with Gasteiger partial charge < -0.3 is 9.47 Å². The van der Waals surface area contributed by atoms with Crippen molar-refractivity contribution in [1.82, 2.24) is 25.6 Å². The van der Waals surface area contributed by atoms with E-state index in [1.807, 2.05) is 55.5 Å². The molecule has 0 aliphatic carbocycles. The largest absolute Gasteiger partial charge is 0.493 e. The predicted molar refractivity (Wildman–Crippen MR) is 128 cm³/mol. The van der Waals surface area contributed by atoms with Crippen molar-refractivity contribution in [3.63, 3.8) is 0 Å². The maximum Gasteiger partial charge on any atom is 0.271 e. The number of rotatable bonds is 9. The molecule has 9 heteroatoms. The molecule has 9 nitrogen and oxygen atoms in total. The monoisotopic (exact) mass is 456 g/mol. The molecule has 1 N–H and O–H groups in total. The molecule has 0 aliphatic heterocycles. The van der Waals surface area contributed by atoms with Crippen molar-refractivity contribution >= 4 is 12.1 Å². The summed E-state index contributed by atoms with van der Waals surface area (Å²) in [6.45, 7) is 2.90. The van der Waals surface area contributed by atoms with E-state index in [9.17, 15) is 4.79 Å². The number of carbonyl (C=O) groups is 1. The van der Waals surface area contributed by atoms with Gasteiger partial charge in [-0.2, -0.15) is 9.90 Å². The molecule has 1 heterocycles. The van der Waals surface area contributed by atoms with E-state index in [1.165, 1.54) is 4.80 Å². The first kappa shape index (κ1) is 22.7. The lowest BCUT2D eigenvalue weighted by atomic mass is 10.1. The summed E-state index contributed by atoms with van der Waals surface area (Å²) >= 11 is 0. The van der Waals surface area contributed by atoms with Crippen molar-refractivity contribution in [3.8, 4) is 22.9 Å². The van der Waals surface area contributed by atoms with E-state index in [0.29, 0.717) is 36.0 Å². The van der Waals surface area contributed by atoms with E-state index in [0.717, 1.165) is 16.7 Å². The predicted octanol–water partition coefficient (Wildman–Crippen LogP) is 3.56. The van der Waals surface area contributed by atoms with E-state index in [-0.39, 0.29) is 5.91 Å². The molecule has 0 saturated carbocycles. The van der Waals surface area contributed by atoms with Gasteiger partial charge in [-0.25, -0.2) is 5.43 Å². The topological polar surface area (TPSA) is 104 Å². The number of nitrogens with zero attached hydrogens (tertiary/aromatic N) is 5. The van der Waals surface area contributed by atoms with E-state index >= 15 is 0 Å². The van der Waals surface area contributed by atoms with Crippen LogP contribution in [0.1, 0.15) is 28.4 Å². The van der Waals surface area contributed by atoms with Gasteiger partial charge in [-0.05, 0) is 53.6 Å². The van der Waals surface area contributed by atoms with Crippen LogP contribution in [-0.2, 0) is 6.54 Å². The summed E-state index contributed by atoms with van der Waals surface area (Å²) in [6, 6.07) is 22.2. The van der Waals surface area contributed by atoms with Crippen LogP contribution in [-0.4, -0.2) is 46.0 Å². The van der Waals surface area contributed by atoms with E-state index < -0.39 is 0 Å². The Bertz CT molecular complexity index is 1270. The molecule has 0 spiro atoms. The Balaban J connectivity index is 1.34. The van der Waals surface area contributed by atoms with Crippen LogP contribution in [0.3, 0.4) is 0 Å².